The number of guanidine groups is 1. The van der Waals surface area contributed by atoms with E-state index in [0.29, 0.717) is 5.96 Å². The molecule has 108 valence electrons. The minimum Gasteiger partial charge on any atom is -0.387 e. The molecule has 4 nitrogen and oxygen atoms in total. The zero-order valence-electron chi connectivity index (χ0n) is 11.8. The number of benzene rings is 1. The van der Waals surface area contributed by atoms with Gasteiger partial charge in [-0.25, -0.2) is 4.99 Å². The van der Waals surface area contributed by atoms with Crippen LogP contribution in [0.25, 0.3) is 0 Å². The number of hydrogen-bond donors (Lipinski definition) is 2. The second-order valence-corrected chi connectivity index (χ2v) is 5.86. The van der Waals surface area contributed by atoms with Crippen LogP contribution in [0.3, 0.4) is 0 Å². The maximum Gasteiger partial charge on any atom is 0.196 e. The van der Waals surface area contributed by atoms with Crippen molar-refractivity contribution in [2.24, 2.45) is 10.7 Å². The highest BCUT2D eigenvalue weighted by atomic mass is 79.9. The van der Waals surface area contributed by atoms with Crippen LogP contribution in [0.2, 0.25) is 0 Å². The van der Waals surface area contributed by atoms with Crippen molar-refractivity contribution in [3.05, 3.63) is 40.5 Å². The summed E-state index contributed by atoms with van der Waals surface area (Å²) in [6.45, 7) is 8.60. The lowest BCUT2D eigenvalue weighted by Gasteiger charge is -2.28. The SMILES string of the molecule is C=C(CCC)NCCN1Cc2cc(Br)ccc2N=C1N. The predicted octanol–water partition coefficient (Wildman–Crippen LogP) is 3.11. The van der Waals surface area contributed by atoms with Crippen LogP contribution in [0.1, 0.15) is 25.3 Å². The molecule has 20 heavy (non-hydrogen) atoms. The molecular weight excluding hydrogens is 316 g/mol. The Morgan fingerprint density at radius 1 is 1.55 bits per heavy atom. The number of aliphatic imine (C=N–C) groups is 1. The molecule has 1 aliphatic heterocycles. The smallest absolute Gasteiger partial charge is 0.196 e. The van der Waals surface area contributed by atoms with Gasteiger partial charge in [-0.3, -0.25) is 0 Å². The van der Waals surface area contributed by atoms with E-state index in [1.807, 2.05) is 12.1 Å². The van der Waals surface area contributed by atoms with Crippen molar-refractivity contribution in [2.75, 3.05) is 13.1 Å². The lowest BCUT2D eigenvalue weighted by molar-refractivity contribution is 0.400. The maximum absolute atomic E-state index is 6.02. The molecular formula is C15H21BrN4. The fourth-order valence-corrected chi connectivity index (χ4v) is 2.63. The van der Waals surface area contributed by atoms with Crippen LogP contribution in [0, 0.1) is 0 Å². The number of allylic oxidation sites excluding steroid dienone is 1. The van der Waals surface area contributed by atoms with Crippen molar-refractivity contribution in [1.29, 1.82) is 0 Å². The Morgan fingerprint density at radius 3 is 3.10 bits per heavy atom. The van der Waals surface area contributed by atoms with Crippen molar-refractivity contribution >= 4 is 27.6 Å². The molecule has 0 atom stereocenters. The maximum atomic E-state index is 6.02. The summed E-state index contributed by atoms with van der Waals surface area (Å²) in [5.74, 6) is 0.586. The molecule has 1 heterocycles. The zero-order valence-corrected chi connectivity index (χ0v) is 13.4. The lowest BCUT2D eigenvalue weighted by Crippen LogP contribution is -2.42. The normalized spacial score (nSPS) is 13.7. The highest BCUT2D eigenvalue weighted by Gasteiger charge is 2.17. The molecule has 0 radical (unpaired) electrons. The minimum absolute atomic E-state index is 0.586. The van der Waals surface area contributed by atoms with E-state index in [0.717, 1.165) is 48.3 Å². The zero-order chi connectivity index (χ0) is 14.5. The molecule has 0 aromatic heterocycles. The average Bonchev–Trinajstić information content (AvgIpc) is 2.40. The Balaban J connectivity index is 1.93. The van der Waals surface area contributed by atoms with Crippen molar-refractivity contribution in [1.82, 2.24) is 10.2 Å². The number of fused-ring (bicyclic) bond motifs is 1. The molecule has 2 rings (SSSR count). The summed E-state index contributed by atoms with van der Waals surface area (Å²) in [4.78, 5) is 6.54. The van der Waals surface area contributed by atoms with Gasteiger partial charge in [0, 0.05) is 29.8 Å². The summed E-state index contributed by atoms with van der Waals surface area (Å²) in [7, 11) is 0. The summed E-state index contributed by atoms with van der Waals surface area (Å²) >= 11 is 3.49. The van der Waals surface area contributed by atoms with Gasteiger partial charge in [0.05, 0.1) is 5.69 Å². The number of rotatable bonds is 6. The van der Waals surface area contributed by atoms with E-state index in [9.17, 15) is 0 Å². The van der Waals surface area contributed by atoms with Crippen LogP contribution in [-0.4, -0.2) is 23.9 Å². The third kappa shape index (κ3) is 3.76. The first-order chi connectivity index (χ1) is 9.60. The molecule has 0 spiro atoms. The summed E-state index contributed by atoms with van der Waals surface area (Å²) in [5.41, 5.74) is 9.27. The van der Waals surface area contributed by atoms with Gasteiger partial charge in [0.1, 0.15) is 0 Å². The molecule has 1 aromatic rings. The predicted molar refractivity (Wildman–Crippen MR) is 87.9 cm³/mol. The van der Waals surface area contributed by atoms with Crippen LogP contribution in [0.5, 0.6) is 0 Å². The number of nitrogens with two attached hydrogens (primary N) is 1. The summed E-state index contributed by atoms with van der Waals surface area (Å²) in [6.07, 6.45) is 2.12. The third-order valence-electron chi connectivity index (χ3n) is 3.27. The van der Waals surface area contributed by atoms with Gasteiger partial charge in [-0.2, -0.15) is 0 Å². The number of hydrogen-bond acceptors (Lipinski definition) is 4. The molecule has 0 fully saturated rings. The van der Waals surface area contributed by atoms with Crippen molar-refractivity contribution in [2.45, 2.75) is 26.3 Å². The summed E-state index contributed by atoms with van der Waals surface area (Å²) in [5, 5.41) is 3.33. The van der Waals surface area contributed by atoms with Gasteiger partial charge in [-0.15, -0.1) is 0 Å². The van der Waals surface area contributed by atoms with E-state index in [4.69, 9.17) is 5.73 Å². The van der Waals surface area contributed by atoms with Gasteiger partial charge in [-0.05, 0) is 30.2 Å². The molecule has 5 heteroatoms. The lowest BCUT2D eigenvalue weighted by atomic mass is 10.1. The number of nitrogens with zero attached hydrogens (tertiary/aromatic N) is 2. The largest absolute Gasteiger partial charge is 0.387 e. The highest BCUT2D eigenvalue weighted by Crippen LogP contribution is 2.27. The van der Waals surface area contributed by atoms with Crippen molar-refractivity contribution in [3.63, 3.8) is 0 Å². The van der Waals surface area contributed by atoms with Gasteiger partial charge in [0.15, 0.2) is 5.96 Å². The molecule has 0 saturated heterocycles. The van der Waals surface area contributed by atoms with Crippen LogP contribution in [-0.2, 0) is 6.54 Å². The summed E-state index contributed by atoms with van der Waals surface area (Å²) < 4.78 is 1.07. The first kappa shape index (κ1) is 14.9. The van der Waals surface area contributed by atoms with E-state index in [-0.39, 0.29) is 0 Å². The monoisotopic (exact) mass is 336 g/mol. The first-order valence-corrected chi connectivity index (χ1v) is 7.68. The quantitative estimate of drug-likeness (QED) is 0.839. The fourth-order valence-electron chi connectivity index (χ4n) is 2.22. The fraction of sp³-hybridized carbons (Fsp3) is 0.400. The Hall–Kier alpha value is -1.49. The molecule has 1 aromatic carbocycles. The highest BCUT2D eigenvalue weighted by molar-refractivity contribution is 9.10. The minimum atomic E-state index is 0.586. The topological polar surface area (TPSA) is 53.6 Å². The van der Waals surface area contributed by atoms with Gasteiger partial charge < -0.3 is 16.0 Å². The van der Waals surface area contributed by atoms with Gasteiger partial charge in [0.2, 0.25) is 0 Å². The van der Waals surface area contributed by atoms with E-state index >= 15 is 0 Å². The van der Waals surface area contributed by atoms with E-state index in [1.54, 1.807) is 0 Å². The molecule has 1 aliphatic rings. The second kappa shape index (κ2) is 6.79. The molecule has 0 aliphatic carbocycles. The first-order valence-electron chi connectivity index (χ1n) is 6.89. The second-order valence-electron chi connectivity index (χ2n) is 4.94. The standard InChI is InChI=1S/C15H21BrN4/c1-3-4-11(2)18-7-8-20-10-12-9-13(16)5-6-14(12)19-15(20)17/h5-6,9,18H,2-4,7-8,10H2,1H3,(H2,17,19). The molecule has 0 unspecified atom stereocenters. The van der Waals surface area contributed by atoms with Gasteiger partial charge >= 0.3 is 0 Å². The molecule has 0 amide bonds. The average molecular weight is 337 g/mol. The van der Waals surface area contributed by atoms with E-state index < -0.39 is 0 Å². The Labute approximate surface area is 128 Å². The Bertz CT molecular complexity index is 525. The third-order valence-corrected chi connectivity index (χ3v) is 3.76. The summed E-state index contributed by atoms with van der Waals surface area (Å²) in [6, 6.07) is 6.08. The van der Waals surface area contributed by atoms with E-state index in [2.05, 4.69) is 50.7 Å². The van der Waals surface area contributed by atoms with Gasteiger partial charge in [0.25, 0.3) is 0 Å². The van der Waals surface area contributed by atoms with Crippen molar-refractivity contribution < 1.29 is 0 Å². The molecule has 0 saturated carbocycles. The van der Waals surface area contributed by atoms with Crippen LogP contribution in [0.4, 0.5) is 5.69 Å². The number of halogens is 1. The Kier molecular flexibility index (Phi) is 5.06. The van der Waals surface area contributed by atoms with E-state index in [1.165, 1.54) is 5.56 Å². The van der Waals surface area contributed by atoms with Crippen LogP contribution in [0.15, 0.2) is 39.9 Å². The van der Waals surface area contributed by atoms with Crippen molar-refractivity contribution in [3.8, 4) is 0 Å². The van der Waals surface area contributed by atoms with Crippen LogP contribution >= 0.6 is 15.9 Å². The Morgan fingerprint density at radius 2 is 2.35 bits per heavy atom. The molecule has 0 bridgehead atoms. The van der Waals surface area contributed by atoms with Crippen LogP contribution < -0.4 is 11.1 Å². The molecule has 3 N–H and O–H groups in total. The number of nitrogens with one attached hydrogen (secondary N) is 1. The van der Waals surface area contributed by atoms with Gasteiger partial charge in [-0.1, -0.05) is 35.9 Å².